The van der Waals surface area contributed by atoms with Crippen molar-refractivity contribution >= 4 is 15.9 Å². The maximum absolute atomic E-state index is 13.5. The number of carbonyl (C=O) groups is 1. The van der Waals surface area contributed by atoms with Crippen molar-refractivity contribution < 1.29 is 23.1 Å². The number of carbonyl (C=O) groups excluding carboxylic acids is 1. The second-order valence-corrected chi connectivity index (χ2v) is 11.3. The van der Waals surface area contributed by atoms with Crippen molar-refractivity contribution in [1.29, 1.82) is 0 Å². The van der Waals surface area contributed by atoms with Crippen LogP contribution >= 0.6 is 0 Å². The second kappa shape index (κ2) is 9.05. The van der Waals surface area contributed by atoms with Gasteiger partial charge in [0.1, 0.15) is 16.7 Å². The van der Waals surface area contributed by atoms with E-state index in [2.05, 4.69) is 11.8 Å². The van der Waals surface area contributed by atoms with Gasteiger partial charge in [0.05, 0.1) is 13.2 Å². The summed E-state index contributed by atoms with van der Waals surface area (Å²) in [5, 5.41) is 9.73. The van der Waals surface area contributed by atoms with Gasteiger partial charge in [-0.1, -0.05) is 18.8 Å². The summed E-state index contributed by atoms with van der Waals surface area (Å²) in [5.74, 6) is 7.04. The number of aliphatic hydroxyl groups excluding tert-OH is 1. The molecule has 174 valence electrons. The Kier molecular flexibility index (Phi) is 6.53. The van der Waals surface area contributed by atoms with Gasteiger partial charge in [0.25, 0.3) is 0 Å². The van der Waals surface area contributed by atoms with E-state index in [1.54, 1.807) is 37.1 Å². The lowest BCUT2D eigenvalue weighted by atomic mass is 10.0. The predicted molar refractivity (Wildman–Crippen MR) is 120 cm³/mol. The van der Waals surface area contributed by atoms with Gasteiger partial charge in [-0.15, -0.1) is 0 Å². The number of hydrogen-bond acceptors (Lipinski definition) is 5. The Hall–Kier alpha value is -2.08. The molecule has 0 saturated heterocycles. The molecule has 3 aliphatic rings. The highest BCUT2D eigenvalue weighted by Gasteiger charge is 2.39. The first-order chi connectivity index (χ1) is 15.2. The lowest BCUT2D eigenvalue weighted by Gasteiger charge is -2.37. The van der Waals surface area contributed by atoms with Crippen LogP contribution in [0.2, 0.25) is 0 Å². The van der Waals surface area contributed by atoms with Gasteiger partial charge in [-0.2, -0.15) is 4.31 Å². The number of fused-ring (bicyclic) bond motifs is 1. The summed E-state index contributed by atoms with van der Waals surface area (Å²) in [5.41, 5.74) is 0.710. The predicted octanol–water partition coefficient (Wildman–Crippen LogP) is 2.09. The first-order valence-corrected chi connectivity index (χ1v) is 12.8. The Bertz CT molecular complexity index is 1040. The zero-order valence-corrected chi connectivity index (χ0v) is 19.8. The third-order valence-corrected chi connectivity index (χ3v) is 8.44. The molecule has 0 radical (unpaired) electrons. The minimum atomic E-state index is -3.87. The summed E-state index contributed by atoms with van der Waals surface area (Å²) in [7, 11) is -2.10. The van der Waals surface area contributed by atoms with Crippen molar-refractivity contribution in [2.75, 3.05) is 26.7 Å². The zero-order valence-electron chi connectivity index (χ0n) is 19.0. The standard InChI is InChI=1S/C24H32N2O5S/c1-16-13-26(17(2)15-27)32(29,30)23-11-8-19(7-6-18-4-5-18)12-21(23)31-22(16)14-25(3)24(28)20-9-10-20/h8,11-12,16-18,20,22,27H,4-5,9-10,13-15H2,1-3H3/t16-,17+,22+/m0/s1. The summed E-state index contributed by atoms with van der Waals surface area (Å²) in [4.78, 5) is 14.3. The molecule has 1 aliphatic heterocycles. The van der Waals surface area contributed by atoms with Crippen molar-refractivity contribution in [3.63, 3.8) is 0 Å². The summed E-state index contributed by atoms with van der Waals surface area (Å²) >= 11 is 0. The highest BCUT2D eigenvalue weighted by atomic mass is 32.2. The molecule has 1 amide bonds. The number of sulfonamides is 1. The minimum Gasteiger partial charge on any atom is -0.487 e. The van der Waals surface area contributed by atoms with E-state index < -0.39 is 22.2 Å². The fourth-order valence-corrected chi connectivity index (χ4v) is 5.76. The fourth-order valence-electron chi connectivity index (χ4n) is 3.94. The van der Waals surface area contributed by atoms with Crippen LogP contribution in [0, 0.1) is 29.6 Å². The molecule has 0 unspecified atom stereocenters. The highest BCUT2D eigenvalue weighted by Crippen LogP contribution is 2.35. The fraction of sp³-hybridized carbons (Fsp3) is 0.625. The number of benzene rings is 1. The molecule has 0 bridgehead atoms. The molecule has 8 heteroatoms. The van der Waals surface area contributed by atoms with Crippen LogP contribution in [0.5, 0.6) is 5.75 Å². The summed E-state index contributed by atoms with van der Waals surface area (Å²) in [6.45, 7) is 3.91. The van der Waals surface area contributed by atoms with E-state index in [-0.39, 0.29) is 41.5 Å². The number of nitrogens with zero attached hydrogens (tertiary/aromatic N) is 2. The van der Waals surface area contributed by atoms with E-state index in [0.717, 1.165) is 25.7 Å². The van der Waals surface area contributed by atoms with E-state index in [1.165, 1.54) is 4.31 Å². The monoisotopic (exact) mass is 460 g/mol. The highest BCUT2D eigenvalue weighted by molar-refractivity contribution is 7.89. The number of aliphatic hydroxyl groups is 1. The number of hydrogen-bond donors (Lipinski definition) is 1. The molecule has 0 aromatic heterocycles. The summed E-state index contributed by atoms with van der Waals surface area (Å²) in [6.07, 6.45) is 3.68. The summed E-state index contributed by atoms with van der Waals surface area (Å²) < 4.78 is 34.6. The largest absolute Gasteiger partial charge is 0.487 e. The normalized spacial score (nSPS) is 25.9. The van der Waals surface area contributed by atoms with Gasteiger partial charge < -0.3 is 14.7 Å². The van der Waals surface area contributed by atoms with Crippen molar-refractivity contribution in [2.24, 2.45) is 17.8 Å². The number of likely N-dealkylation sites (N-methyl/N-ethyl adjacent to an activating group) is 1. The zero-order chi connectivity index (χ0) is 23.0. The Morgan fingerprint density at radius 3 is 2.66 bits per heavy atom. The molecule has 3 atom stereocenters. The molecule has 0 spiro atoms. The maximum Gasteiger partial charge on any atom is 0.247 e. The van der Waals surface area contributed by atoms with Crippen LogP contribution < -0.4 is 4.74 Å². The first-order valence-electron chi connectivity index (χ1n) is 11.4. The second-order valence-electron chi connectivity index (χ2n) is 9.44. The molecule has 1 aromatic carbocycles. The molecule has 7 nitrogen and oxygen atoms in total. The van der Waals surface area contributed by atoms with Gasteiger partial charge in [0.2, 0.25) is 15.9 Å². The van der Waals surface area contributed by atoms with Crippen LogP contribution in [0.15, 0.2) is 23.1 Å². The van der Waals surface area contributed by atoms with Crippen LogP contribution in [-0.4, -0.2) is 67.5 Å². The van der Waals surface area contributed by atoms with E-state index in [9.17, 15) is 18.3 Å². The lowest BCUT2D eigenvalue weighted by molar-refractivity contribution is -0.132. The van der Waals surface area contributed by atoms with Crippen molar-refractivity contribution in [1.82, 2.24) is 9.21 Å². The van der Waals surface area contributed by atoms with Gasteiger partial charge in [-0.3, -0.25) is 4.79 Å². The van der Waals surface area contributed by atoms with Crippen LogP contribution in [0.1, 0.15) is 45.1 Å². The Labute approximate surface area is 190 Å². The van der Waals surface area contributed by atoms with Crippen LogP contribution in [0.25, 0.3) is 0 Å². The van der Waals surface area contributed by atoms with E-state index in [1.807, 2.05) is 6.92 Å². The van der Waals surface area contributed by atoms with Gasteiger partial charge in [-0.25, -0.2) is 8.42 Å². The average Bonchev–Trinajstić information content (AvgIpc) is 3.67. The number of amides is 1. The number of ether oxygens (including phenoxy) is 1. The van der Waals surface area contributed by atoms with Crippen LogP contribution in [-0.2, 0) is 14.8 Å². The molecule has 4 rings (SSSR count). The van der Waals surface area contributed by atoms with Crippen molar-refractivity contribution in [2.45, 2.75) is 56.6 Å². The lowest BCUT2D eigenvalue weighted by Crippen LogP contribution is -2.50. The summed E-state index contributed by atoms with van der Waals surface area (Å²) in [6, 6.07) is 4.37. The topological polar surface area (TPSA) is 87.2 Å². The average molecular weight is 461 g/mol. The van der Waals surface area contributed by atoms with Gasteiger partial charge in [0, 0.05) is 43.0 Å². The Morgan fingerprint density at radius 1 is 1.31 bits per heavy atom. The minimum absolute atomic E-state index is 0.0721. The van der Waals surface area contributed by atoms with Gasteiger partial charge in [0.15, 0.2) is 0 Å². The van der Waals surface area contributed by atoms with Gasteiger partial charge >= 0.3 is 0 Å². The number of rotatable bonds is 5. The van der Waals surface area contributed by atoms with E-state index in [4.69, 9.17) is 4.74 Å². The first kappa shape index (κ1) is 23.1. The molecule has 32 heavy (non-hydrogen) atoms. The van der Waals surface area contributed by atoms with Crippen molar-refractivity contribution in [3.8, 4) is 17.6 Å². The third-order valence-electron chi connectivity index (χ3n) is 6.42. The quantitative estimate of drug-likeness (QED) is 0.680. The third kappa shape index (κ3) is 4.95. The molecule has 1 N–H and O–H groups in total. The van der Waals surface area contributed by atoms with E-state index in [0.29, 0.717) is 18.0 Å². The molecular weight excluding hydrogens is 428 g/mol. The Balaban J connectivity index is 1.70. The molecule has 2 saturated carbocycles. The molecular formula is C24H32N2O5S. The molecule has 2 aliphatic carbocycles. The smallest absolute Gasteiger partial charge is 0.247 e. The molecule has 1 aromatic rings. The molecule has 1 heterocycles. The van der Waals surface area contributed by atoms with Crippen LogP contribution in [0.4, 0.5) is 0 Å². The Morgan fingerprint density at radius 2 is 2.03 bits per heavy atom. The van der Waals surface area contributed by atoms with Gasteiger partial charge in [-0.05, 0) is 50.8 Å². The van der Waals surface area contributed by atoms with E-state index >= 15 is 0 Å². The SMILES string of the molecule is C[C@H](CO)N1C[C@H](C)[C@@H](CN(C)C(=O)C2CC2)Oc2cc(C#CC3CC3)ccc2S1(=O)=O. The molecule has 2 fully saturated rings. The van der Waals surface area contributed by atoms with Crippen molar-refractivity contribution in [3.05, 3.63) is 23.8 Å². The maximum atomic E-state index is 13.5. The van der Waals surface area contributed by atoms with Crippen LogP contribution in [0.3, 0.4) is 0 Å².